The number of carboxylic acids is 1. The fourth-order valence-electron chi connectivity index (χ4n) is 2.41. The molecule has 21 heavy (non-hydrogen) atoms. The van der Waals surface area contributed by atoms with Gasteiger partial charge < -0.3 is 9.67 Å². The van der Waals surface area contributed by atoms with Crippen LogP contribution < -0.4 is 5.69 Å². The van der Waals surface area contributed by atoms with Crippen LogP contribution in [-0.2, 0) is 18.3 Å². The third kappa shape index (κ3) is 2.91. The number of aromatic nitrogens is 2. The molecular weight excluding hydrogens is 268 g/mol. The minimum Gasteiger partial charge on any atom is -0.481 e. The number of aryl methyl sites for hydroxylation is 2. The van der Waals surface area contributed by atoms with Gasteiger partial charge in [-0.2, -0.15) is 0 Å². The van der Waals surface area contributed by atoms with Crippen molar-refractivity contribution in [2.45, 2.75) is 27.2 Å². The van der Waals surface area contributed by atoms with Gasteiger partial charge in [0.05, 0.1) is 11.1 Å². The molecule has 0 radical (unpaired) electrons. The van der Waals surface area contributed by atoms with Crippen molar-refractivity contribution in [3.63, 3.8) is 0 Å². The third-order valence-electron chi connectivity index (χ3n) is 3.62. The van der Waals surface area contributed by atoms with Gasteiger partial charge in [-0.3, -0.25) is 9.36 Å². The summed E-state index contributed by atoms with van der Waals surface area (Å²) in [6.07, 6.45) is 2.19. The highest BCUT2D eigenvalue weighted by atomic mass is 16.4. The van der Waals surface area contributed by atoms with Gasteiger partial charge in [-0.15, -0.1) is 0 Å². The minimum atomic E-state index is -0.838. The molecule has 0 aliphatic carbocycles. The Bertz CT molecular complexity index is 738. The van der Waals surface area contributed by atoms with Crippen LogP contribution >= 0.6 is 0 Å². The second kappa shape index (κ2) is 5.24. The van der Waals surface area contributed by atoms with Crippen molar-refractivity contribution < 1.29 is 9.90 Å². The lowest BCUT2D eigenvalue weighted by Gasteiger charge is -2.19. The first-order chi connectivity index (χ1) is 9.72. The van der Waals surface area contributed by atoms with Gasteiger partial charge in [0, 0.05) is 18.9 Å². The van der Waals surface area contributed by atoms with E-state index in [1.54, 1.807) is 31.7 Å². The first kappa shape index (κ1) is 15.1. The summed E-state index contributed by atoms with van der Waals surface area (Å²) in [4.78, 5) is 23.4. The first-order valence-corrected chi connectivity index (χ1v) is 6.80. The Labute approximate surface area is 123 Å². The quantitative estimate of drug-likeness (QED) is 0.937. The minimum absolute atomic E-state index is 0.109. The molecule has 0 fully saturated rings. The average Bonchev–Trinajstić information content (AvgIpc) is 2.62. The summed E-state index contributed by atoms with van der Waals surface area (Å²) < 4.78 is 3.15. The molecule has 0 aliphatic rings. The number of rotatable bonds is 4. The summed E-state index contributed by atoms with van der Waals surface area (Å²) in [5.41, 5.74) is 1.56. The molecule has 0 aliphatic heterocycles. The second-order valence-electron chi connectivity index (χ2n) is 6.04. The molecule has 1 aromatic carbocycles. The number of carbonyl (C=O) groups is 1. The Hall–Kier alpha value is -2.30. The Morgan fingerprint density at radius 1 is 1.33 bits per heavy atom. The zero-order chi connectivity index (χ0) is 15.8. The molecule has 0 unspecified atom stereocenters. The van der Waals surface area contributed by atoms with E-state index in [9.17, 15) is 14.7 Å². The maximum Gasteiger partial charge on any atom is 0.332 e. The van der Waals surface area contributed by atoms with Gasteiger partial charge in [-0.1, -0.05) is 12.1 Å². The monoisotopic (exact) mass is 288 g/mol. The van der Waals surface area contributed by atoms with Crippen LogP contribution in [0.4, 0.5) is 0 Å². The molecular formula is C16H20N2O3. The molecule has 0 bridgehead atoms. The van der Waals surface area contributed by atoms with Gasteiger partial charge in [0.15, 0.2) is 0 Å². The van der Waals surface area contributed by atoms with E-state index in [0.717, 1.165) is 16.9 Å². The van der Waals surface area contributed by atoms with Crippen LogP contribution in [0.15, 0.2) is 35.3 Å². The van der Waals surface area contributed by atoms with Crippen molar-refractivity contribution in [2.24, 2.45) is 12.5 Å². The van der Waals surface area contributed by atoms with Crippen LogP contribution in [0.1, 0.15) is 25.1 Å². The molecule has 0 saturated carbocycles. The zero-order valence-corrected chi connectivity index (χ0v) is 12.8. The van der Waals surface area contributed by atoms with E-state index in [1.165, 1.54) is 4.57 Å². The SMILES string of the molecule is Cc1cn(C)c(=O)n1-c1cccc(CC(C)(C)C(=O)O)c1. The van der Waals surface area contributed by atoms with Crippen LogP contribution in [-0.4, -0.2) is 20.2 Å². The molecule has 1 heterocycles. The summed E-state index contributed by atoms with van der Waals surface area (Å²) >= 11 is 0. The number of imidazole rings is 1. The summed E-state index contributed by atoms with van der Waals surface area (Å²) in [6.45, 7) is 5.26. The second-order valence-corrected chi connectivity index (χ2v) is 6.04. The number of benzene rings is 1. The average molecular weight is 288 g/mol. The number of hydrogen-bond acceptors (Lipinski definition) is 2. The number of aliphatic carboxylic acids is 1. The van der Waals surface area contributed by atoms with Crippen molar-refractivity contribution in [3.05, 3.63) is 52.2 Å². The van der Waals surface area contributed by atoms with E-state index in [1.807, 2.05) is 31.2 Å². The van der Waals surface area contributed by atoms with E-state index in [0.29, 0.717) is 6.42 Å². The Balaban J connectivity index is 2.43. The zero-order valence-electron chi connectivity index (χ0n) is 12.8. The van der Waals surface area contributed by atoms with E-state index >= 15 is 0 Å². The van der Waals surface area contributed by atoms with Crippen LogP contribution in [0.5, 0.6) is 0 Å². The fraction of sp³-hybridized carbons (Fsp3) is 0.375. The fourth-order valence-corrected chi connectivity index (χ4v) is 2.41. The lowest BCUT2D eigenvalue weighted by molar-refractivity contribution is -0.146. The van der Waals surface area contributed by atoms with E-state index in [2.05, 4.69) is 0 Å². The van der Waals surface area contributed by atoms with Gasteiger partial charge in [-0.05, 0) is 44.9 Å². The molecule has 2 aromatic rings. The number of hydrogen-bond donors (Lipinski definition) is 1. The van der Waals surface area contributed by atoms with Crippen LogP contribution in [0.2, 0.25) is 0 Å². The Kier molecular flexibility index (Phi) is 3.77. The third-order valence-corrected chi connectivity index (χ3v) is 3.62. The summed E-state index contributed by atoms with van der Waals surface area (Å²) in [7, 11) is 1.71. The van der Waals surface area contributed by atoms with Crippen molar-refractivity contribution in [3.8, 4) is 5.69 Å². The predicted molar refractivity (Wildman–Crippen MR) is 80.9 cm³/mol. The smallest absolute Gasteiger partial charge is 0.332 e. The topological polar surface area (TPSA) is 64.2 Å². The van der Waals surface area contributed by atoms with E-state index in [4.69, 9.17) is 0 Å². The summed E-state index contributed by atoms with van der Waals surface area (Å²) in [5, 5.41) is 9.22. The van der Waals surface area contributed by atoms with Crippen molar-refractivity contribution in [1.82, 2.24) is 9.13 Å². The molecule has 0 spiro atoms. The molecule has 5 nitrogen and oxygen atoms in total. The maximum absolute atomic E-state index is 12.1. The van der Waals surface area contributed by atoms with Crippen LogP contribution in [0.25, 0.3) is 5.69 Å². The number of nitrogens with zero attached hydrogens (tertiary/aromatic N) is 2. The van der Waals surface area contributed by atoms with E-state index < -0.39 is 11.4 Å². The van der Waals surface area contributed by atoms with Crippen molar-refractivity contribution in [2.75, 3.05) is 0 Å². The molecule has 112 valence electrons. The van der Waals surface area contributed by atoms with Gasteiger partial charge >= 0.3 is 11.7 Å². The van der Waals surface area contributed by atoms with Crippen LogP contribution in [0, 0.1) is 12.3 Å². The summed E-state index contributed by atoms with van der Waals surface area (Å²) in [5.74, 6) is -0.832. The largest absolute Gasteiger partial charge is 0.481 e. The molecule has 1 aromatic heterocycles. The highest BCUT2D eigenvalue weighted by Gasteiger charge is 2.27. The number of carboxylic acid groups (broad SMARTS) is 1. The maximum atomic E-state index is 12.1. The lowest BCUT2D eigenvalue weighted by atomic mass is 9.86. The Morgan fingerprint density at radius 3 is 2.52 bits per heavy atom. The van der Waals surface area contributed by atoms with Crippen LogP contribution in [0.3, 0.4) is 0 Å². The molecule has 1 N–H and O–H groups in total. The lowest BCUT2D eigenvalue weighted by Crippen LogP contribution is -2.26. The Morgan fingerprint density at radius 2 is 2.00 bits per heavy atom. The van der Waals surface area contributed by atoms with Crippen molar-refractivity contribution in [1.29, 1.82) is 0 Å². The van der Waals surface area contributed by atoms with Crippen molar-refractivity contribution >= 4 is 5.97 Å². The molecule has 0 amide bonds. The molecule has 0 saturated heterocycles. The molecule has 0 atom stereocenters. The molecule has 2 rings (SSSR count). The van der Waals surface area contributed by atoms with Gasteiger partial charge in [-0.25, -0.2) is 4.79 Å². The van der Waals surface area contributed by atoms with E-state index in [-0.39, 0.29) is 5.69 Å². The van der Waals surface area contributed by atoms with Gasteiger partial charge in [0.25, 0.3) is 0 Å². The molecule has 5 heteroatoms. The highest BCUT2D eigenvalue weighted by molar-refractivity contribution is 5.74. The predicted octanol–water partition coefficient (Wildman–Crippen LogP) is 2.14. The standard InChI is InChI=1S/C16H20N2O3/c1-11-10-17(4)15(21)18(11)13-7-5-6-12(8-13)9-16(2,3)14(19)20/h5-8,10H,9H2,1-4H3,(H,19,20). The van der Waals surface area contributed by atoms with Gasteiger partial charge in [0.2, 0.25) is 0 Å². The normalized spacial score (nSPS) is 11.6. The highest BCUT2D eigenvalue weighted by Crippen LogP contribution is 2.23. The summed E-state index contributed by atoms with van der Waals surface area (Å²) in [6, 6.07) is 7.46. The first-order valence-electron chi connectivity index (χ1n) is 6.80. The van der Waals surface area contributed by atoms with Gasteiger partial charge in [0.1, 0.15) is 0 Å².